The molecule has 0 bridgehead atoms. The molecule has 2 aromatic heterocycles. The number of nitrogens with one attached hydrogen (secondary N) is 7. The van der Waals surface area contributed by atoms with E-state index >= 15 is 0 Å². The van der Waals surface area contributed by atoms with Crippen molar-refractivity contribution in [1.82, 2.24) is 35.7 Å². The molecule has 2 fully saturated rings. The highest BCUT2D eigenvalue weighted by atomic mass is 16.5. The third-order valence-electron chi connectivity index (χ3n) is 13.1. The van der Waals surface area contributed by atoms with Crippen LogP contribution in [0.25, 0.3) is 11.1 Å². The van der Waals surface area contributed by atoms with Crippen LogP contribution in [-0.4, -0.2) is 159 Å². The number of hydrogen-bond acceptors (Lipinski definition) is 16. The first kappa shape index (κ1) is 55.4. The Balaban J connectivity index is 0.753. The van der Waals surface area contributed by atoms with Gasteiger partial charge in [0.15, 0.2) is 0 Å². The lowest BCUT2D eigenvalue weighted by molar-refractivity contribution is -0.136. The van der Waals surface area contributed by atoms with Crippen LogP contribution in [0.5, 0.6) is 0 Å². The predicted octanol–water partition coefficient (Wildman–Crippen LogP) is 3.64. The maximum Gasteiger partial charge on any atom is 0.264 e. The molecule has 7 N–H and O–H groups in total. The molecule has 3 aliphatic rings. The van der Waals surface area contributed by atoms with Gasteiger partial charge in [0.2, 0.25) is 17.7 Å². The summed E-state index contributed by atoms with van der Waals surface area (Å²) in [5.41, 5.74) is 5.85. The van der Waals surface area contributed by atoms with Crippen molar-refractivity contribution < 1.29 is 43.0 Å². The first-order valence-corrected chi connectivity index (χ1v) is 25.7. The van der Waals surface area contributed by atoms with Crippen LogP contribution < -0.4 is 37.0 Å². The number of amides is 6. The number of benzene rings is 2. The lowest BCUT2D eigenvalue weighted by atomic mass is 9.97. The van der Waals surface area contributed by atoms with E-state index in [-0.39, 0.29) is 67.0 Å². The lowest BCUT2D eigenvalue weighted by Crippen LogP contribution is -2.54. The molecule has 7 rings (SSSR count). The molecule has 21 nitrogen and oxygen atoms in total. The zero-order valence-corrected chi connectivity index (χ0v) is 43.2. The number of carbonyl (C=O) groups is 6. The van der Waals surface area contributed by atoms with E-state index in [1.807, 2.05) is 52.0 Å². The molecule has 75 heavy (non-hydrogen) atoms. The second-order valence-electron chi connectivity index (χ2n) is 18.9. The molecular formula is C54H69N11O10. The molecule has 5 heterocycles. The van der Waals surface area contributed by atoms with Crippen molar-refractivity contribution >= 4 is 58.9 Å². The van der Waals surface area contributed by atoms with Crippen molar-refractivity contribution in [3.8, 4) is 11.1 Å². The average molecular weight is 1030 g/mol. The quantitative estimate of drug-likeness (QED) is 0.0255. The smallest absolute Gasteiger partial charge is 0.264 e. The van der Waals surface area contributed by atoms with Gasteiger partial charge in [0.25, 0.3) is 23.3 Å². The molecule has 2 saturated heterocycles. The molecule has 4 aromatic rings. The summed E-state index contributed by atoms with van der Waals surface area (Å²) in [4.78, 5) is 103. The summed E-state index contributed by atoms with van der Waals surface area (Å²) in [6.07, 6.45) is 4.93. The Morgan fingerprint density at radius 2 is 1.61 bits per heavy atom. The Hall–Kier alpha value is -7.33. The maximum absolute atomic E-state index is 13.8. The van der Waals surface area contributed by atoms with Crippen LogP contribution in [0.15, 0.2) is 59.5 Å². The molecule has 0 aliphatic carbocycles. The normalized spacial score (nSPS) is 15.8. The molecule has 400 valence electrons. The maximum atomic E-state index is 13.8. The molecule has 0 spiro atoms. The number of ether oxygens (including phenoxy) is 3. The van der Waals surface area contributed by atoms with Crippen molar-refractivity contribution in [1.29, 1.82) is 5.41 Å². The minimum absolute atomic E-state index is 0.0396. The number of hydrogen-bond donors (Lipinski definition) is 7. The van der Waals surface area contributed by atoms with Crippen molar-refractivity contribution in [2.75, 3.05) is 101 Å². The number of aryl methyl sites for hydroxylation is 2. The zero-order valence-electron chi connectivity index (χ0n) is 43.2. The Labute approximate surface area is 436 Å². The van der Waals surface area contributed by atoms with Crippen LogP contribution in [0.3, 0.4) is 0 Å². The second kappa shape index (κ2) is 26.8. The van der Waals surface area contributed by atoms with Gasteiger partial charge in [0.1, 0.15) is 11.9 Å². The van der Waals surface area contributed by atoms with E-state index in [0.29, 0.717) is 80.7 Å². The highest BCUT2D eigenvalue weighted by molar-refractivity contribution is 6.25. The molecule has 1 unspecified atom stereocenters. The number of fused-ring (bicyclic) bond motifs is 1. The minimum atomic E-state index is -1.03. The molecule has 21 heteroatoms. The predicted molar refractivity (Wildman–Crippen MR) is 284 cm³/mol. The van der Waals surface area contributed by atoms with Crippen molar-refractivity contribution in [2.24, 2.45) is 0 Å². The SMILES string of the molecule is CCCc1cc(C)[nH]c(=O)c1CNC(=O)c1cc(-c2ccc(N3CCN(CCNC(=O)CCOCCOCCOCCNc4cccc5c4C(=O)N(C4CCC(=O)NC4=O)C5=O)CC3)nc2)cc(NC(C)C)c1C=N. The zero-order chi connectivity index (χ0) is 53.4. The Morgan fingerprint density at radius 3 is 2.31 bits per heavy atom. The lowest BCUT2D eigenvalue weighted by Gasteiger charge is -2.35. The van der Waals surface area contributed by atoms with Gasteiger partial charge in [-0.05, 0) is 87.2 Å². The third-order valence-corrected chi connectivity index (χ3v) is 13.1. The number of carbonyl (C=O) groups excluding carboxylic acids is 6. The van der Waals surface area contributed by atoms with Gasteiger partial charge in [0, 0.05) is 117 Å². The van der Waals surface area contributed by atoms with Gasteiger partial charge >= 0.3 is 0 Å². The third kappa shape index (κ3) is 14.5. The number of anilines is 3. The fourth-order valence-electron chi connectivity index (χ4n) is 9.34. The summed E-state index contributed by atoms with van der Waals surface area (Å²) >= 11 is 0. The van der Waals surface area contributed by atoms with Crippen LogP contribution in [-0.2, 0) is 41.6 Å². The highest BCUT2D eigenvalue weighted by Crippen LogP contribution is 2.33. The first-order valence-electron chi connectivity index (χ1n) is 25.7. The number of pyridine rings is 2. The number of imide groups is 2. The van der Waals surface area contributed by atoms with Crippen LogP contribution in [0.4, 0.5) is 17.2 Å². The number of H-pyrrole nitrogens is 1. The summed E-state index contributed by atoms with van der Waals surface area (Å²) in [6.45, 7) is 14.6. The molecule has 0 saturated carbocycles. The van der Waals surface area contributed by atoms with E-state index in [0.717, 1.165) is 72.1 Å². The number of piperazine rings is 1. The molecule has 6 amide bonds. The largest absolute Gasteiger partial charge is 0.382 e. The Kier molecular flexibility index (Phi) is 19.8. The minimum Gasteiger partial charge on any atom is -0.382 e. The van der Waals surface area contributed by atoms with E-state index in [9.17, 15) is 33.6 Å². The molecule has 2 aromatic carbocycles. The summed E-state index contributed by atoms with van der Waals surface area (Å²) < 4.78 is 16.8. The van der Waals surface area contributed by atoms with Gasteiger partial charge in [-0.15, -0.1) is 0 Å². The molecular weight excluding hydrogens is 963 g/mol. The van der Waals surface area contributed by atoms with E-state index in [4.69, 9.17) is 24.6 Å². The topological polar surface area (TPSA) is 270 Å². The van der Waals surface area contributed by atoms with Gasteiger partial charge in [-0.25, -0.2) is 4.98 Å². The van der Waals surface area contributed by atoms with Gasteiger partial charge < -0.3 is 50.8 Å². The molecule has 1 atom stereocenters. The number of nitrogens with zero attached hydrogens (tertiary/aromatic N) is 4. The molecule has 3 aliphatic heterocycles. The average Bonchev–Trinajstić information content (AvgIpc) is 3.65. The van der Waals surface area contributed by atoms with Crippen LogP contribution in [0.2, 0.25) is 0 Å². The van der Waals surface area contributed by atoms with Crippen LogP contribution in [0, 0.1) is 12.3 Å². The van der Waals surface area contributed by atoms with Gasteiger partial charge in [0.05, 0.1) is 56.3 Å². The first-order chi connectivity index (χ1) is 36.3. The van der Waals surface area contributed by atoms with E-state index in [2.05, 4.69) is 41.4 Å². The summed E-state index contributed by atoms with van der Waals surface area (Å²) in [6, 6.07) is 13.5. The summed E-state index contributed by atoms with van der Waals surface area (Å²) in [5.74, 6) is -1.86. The van der Waals surface area contributed by atoms with E-state index < -0.39 is 29.7 Å². The number of rotatable bonds is 27. The fraction of sp³-hybridized carbons (Fsp3) is 0.463. The number of piperidine rings is 1. The van der Waals surface area contributed by atoms with E-state index in [1.165, 1.54) is 6.21 Å². The second-order valence-corrected chi connectivity index (χ2v) is 18.9. The Morgan fingerprint density at radius 1 is 0.867 bits per heavy atom. The monoisotopic (exact) mass is 1030 g/mol. The summed E-state index contributed by atoms with van der Waals surface area (Å²) in [5, 5.41) is 22.9. The van der Waals surface area contributed by atoms with Crippen LogP contribution >= 0.6 is 0 Å². The van der Waals surface area contributed by atoms with E-state index in [1.54, 1.807) is 30.5 Å². The highest BCUT2D eigenvalue weighted by Gasteiger charge is 2.45. The van der Waals surface area contributed by atoms with Gasteiger partial charge in [-0.2, -0.15) is 0 Å². The fourth-order valence-corrected chi connectivity index (χ4v) is 9.34. The van der Waals surface area contributed by atoms with Crippen LogP contribution in [0.1, 0.15) is 99.9 Å². The molecule has 0 radical (unpaired) electrons. The van der Waals surface area contributed by atoms with Crippen molar-refractivity contribution in [3.05, 3.63) is 104 Å². The van der Waals surface area contributed by atoms with Crippen molar-refractivity contribution in [2.45, 2.75) is 78.4 Å². The Bertz CT molecular complexity index is 2770. The number of aromatic amines is 1. The standard InChI is InChI=1S/C54H69N11O10/c1-5-7-36-28-35(4)61-51(69)42(36)33-59-50(68)40-29-38(30-44(41(40)31-55)60-34(2)3)37-10-12-46(58-32-37)64-20-18-63(19-21-64)17-15-57-47(66)14-22-73-24-26-75-27-25-74-23-16-56-43-9-6-8-39-49(43)54(72)65(53(39)71)45-11-13-48(67)62-52(45)70/h6,8-10,12,28-32,34,45,55-56,60H,5,7,11,13-27,33H2,1-4H3,(H,57,66)(H,59,68)(H,61,69)(H,62,67,70). The van der Waals surface area contributed by atoms with Crippen molar-refractivity contribution in [3.63, 3.8) is 0 Å². The summed E-state index contributed by atoms with van der Waals surface area (Å²) in [7, 11) is 0. The van der Waals surface area contributed by atoms with Gasteiger partial charge in [-0.1, -0.05) is 19.4 Å². The van der Waals surface area contributed by atoms with Gasteiger partial charge in [-0.3, -0.25) is 48.7 Å². The number of aromatic nitrogens is 2.